The van der Waals surface area contributed by atoms with E-state index in [1.807, 2.05) is 0 Å². The van der Waals surface area contributed by atoms with E-state index in [1.54, 1.807) is 0 Å². The molecule has 3 fully saturated rings. The molecular formula is C15H21NO4. The highest BCUT2D eigenvalue weighted by Gasteiger charge is 2.54. The van der Waals surface area contributed by atoms with Gasteiger partial charge in [0.15, 0.2) is 0 Å². The number of imide groups is 1. The Kier molecular flexibility index (Phi) is 3.10. The van der Waals surface area contributed by atoms with Gasteiger partial charge in [-0.25, -0.2) is 0 Å². The predicted octanol–water partition coefficient (Wildman–Crippen LogP) is 1.95. The largest absolute Gasteiger partial charge is 0.481 e. The molecule has 3 rings (SSSR count). The summed E-state index contributed by atoms with van der Waals surface area (Å²) in [6.07, 6.45) is 7.30. The Morgan fingerprint density at radius 2 is 1.55 bits per heavy atom. The number of carboxylic acid groups (broad SMARTS) is 1. The molecule has 2 amide bonds. The van der Waals surface area contributed by atoms with Crippen molar-refractivity contribution in [1.82, 2.24) is 4.90 Å². The molecule has 2 aliphatic carbocycles. The number of carbonyl (C=O) groups is 3. The summed E-state index contributed by atoms with van der Waals surface area (Å²) in [4.78, 5) is 37.1. The fourth-order valence-corrected chi connectivity index (χ4v) is 3.76. The molecule has 0 bridgehead atoms. The van der Waals surface area contributed by atoms with E-state index in [2.05, 4.69) is 0 Å². The molecular weight excluding hydrogens is 258 g/mol. The third kappa shape index (κ3) is 2.23. The maximum absolute atomic E-state index is 12.3. The number of nitrogens with zero attached hydrogens (tertiary/aromatic N) is 1. The summed E-state index contributed by atoms with van der Waals surface area (Å²) >= 11 is 0. The van der Waals surface area contributed by atoms with Gasteiger partial charge in [0.25, 0.3) is 0 Å². The van der Waals surface area contributed by atoms with Crippen LogP contribution in [0, 0.1) is 10.8 Å². The van der Waals surface area contributed by atoms with Crippen molar-refractivity contribution in [3.8, 4) is 0 Å². The van der Waals surface area contributed by atoms with Crippen molar-refractivity contribution in [2.24, 2.45) is 10.8 Å². The second-order valence-electron chi connectivity index (χ2n) is 6.87. The van der Waals surface area contributed by atoms with Gasteiger partial charge in [-0.3, -0.25) is 19.3 Å². The second-order valence-corrected chi connectivity index (χ2v) is 6.87. The average Bonchev–Trinajstić information content (AvgIpc) is 3.16. The number of aliphatic carboxylic acids is 1. The Labute approximate surface area is 118 Å². The van der Waals surface area contributed by atoms with Crippen molar-refractivity contribution in [3.05, 3.63) is 0 Å². The predicted molar refractivity (Wildman–Crippen MR) is 70.8 cm³/mol. The van der Waals surface area contributed by atoms with E-state index < -0.39 is 11.4 Å². The van der Waals surface area contributed by atoms with Gasteiger partial charge in [-0.2, -0.15) is 0 Å². The molecule has 0 radical (unpaired) electrons. The van der Waals surface area contributed by atoms with Crippen LogP contribution in [0.25, 0.3) is 0 Å². The second kappa shape index (κ2) is 4.57. The molecule has 1 heterocycles. The smallest absolute Gasteiger partial charge is 0.311 e. The molecule has 1 aliphatic heterocycles. The van der Waals surface area contributed by atoms with Gasteiger partial charge >= 0.3 is 5.97 Å². The highest BCUT2D eigenvalue weighted by atomic mass is 16.4. The SMILES string of the molecule is O=C1CC2(CCCCC2)CC(=O)N1CC1(C(=O)O)CC1. The molecule has 3 aliphatic rings. The minimum absolute atomic E-state index is 0.0794. The first-order chi connectivity index (χ1) is 9.46. The quantitative estimate of drug-likeness (QED) is 0.801. The molecule has 0 aromatic heterocycles. The molecule has 20 heavy (non-hydrogen) atoms. The molecule has 5 nitrogen and oxygen atoms in total. The first-order valence-corrected chi connectivity index (χ1v) is 7.53. The van der Waals surface area contributed by atoms with Crippen molar-refractivity contribution in [2.45, 2.75) is 57.8 Å². The van der Waals surface area contributed by atoms with Crippen LogP contribution in [0.3, 0.4) is 0 Å². The Balaban J connectivity index is 1.71. The van der Waals surface area contributed by atoms with E-state index in [9.17, 15) is 19.5 Å². The van der Waals surface area contributed by atoms with E-state index >= 15 is 0 Å². The van der Waals surface area contributed by atoms with Crippen molar-refractivity contribution in [3.63, 3.8) is 0 Å². The van der Waals surface area contributed by atoms with Crippen molar-refractivity contribution in [2.75, 3.05) is 6.54 Å². The Morgan fingerprint density at radius 1 is 1.00 bits per heavy atom. The van der Waals surface area contributed by atoms with Crippen LogP contribution in [0.1, 0.15) is 57.8 Å². The maximum Gasteiger partial charge on any atom is 0.311 e. The summed E-state index contributed by atoms with van der Waals surface area (Å²) in [5.41, 5.74) is -0.967. The number of rotatable bonds is 3. The number of hydrogen-bond donors (Lipinski definition) is 1. The third-order valence-corrected chi connectivity index (χ3v) is 5.34. The minimum Gasteiger partial charge on any atom is -0.481 e. The summed E-state index contributed by atoms with van der Waals surface area (Å²) in [6, 6.07) is 0. The van der Waals surface area contributed by atoms with E-state index in [-0.39, 0.29) is 23.8 Å². The zero-order valence-electron chi connectivity index (χ0n) is 11.7. The molecule has 1 N–H and O–H groups in total. The summed E-state index contributed by atoms with van der Waals surface area (Å²) in [7, 11) is 0. The molecule has 0 unspecified atom stereocenters. The van der Waals surface area contributed by atoms with Crippen LogP contribution in [0.2, 0.25) is 0 Å². The van der Waals surface area contributed by atoms with E-state index in [0.717, 1.165) is 25.7 Å². The van der Waals surface area contributed by atoms with Gasteiger partial charge in [-0.15, -0.1) is 0 Å². The summed E-state index contributed by atoms with van der Waals surface area (Å²) in [5, 5.41) is 9.20. The Bertz CT molecular complexity index is 440. The summed E-state index contributed by atoms with van der Waals surface area (Å²) in [6.45, 7) is 0.0794. The summed E-state index contributed by atoms with van der Waals surface area (Å²) < 4.78 is 0. The van der Waals surface area contributed by atoms with Gasteiger partial charge in [-0.05, 0) is 31.1 Å². The first kappa shape index (κ1) is 13.6. The lowest BCUT2D eigenvalue weighted by Crippen LogP contribution is -2.51. The molecule has 0 atom stereocenters. The standard InChI is InChI=1S/C15H21NO4/c17-11-8-14(4-2-1-3-5-14)9-12(18)16(11)10-15(6-7-15)13(19)20/h1-10H2,(H,19,20). The third-order valence-electron chi connectivity index (χ3n) is 5.34. The molecule has 2 saturated carbocycles. The van der Waals surface area contributed by atoms with Crippen LogP contribution in [-0.2, 0) is 14.4 Å². The van der Waals surface area contributed by atoms with Gasteiger partial charge in [0.05, 0.1) is 5.41 Å². The number of hydrogen-bond acceptors (Lipinski definition) is 3. The van der Waals surface area contributed by atoms with Gasteiger partial charge < -0.3 is 5.11 Å². The minimum atomic E-state index is -0.879. The van der Waals surface area contributed by atoms with Gasteiger partial charge in [0, 0.05) is 19.4 Å². The van der Waals surface area contributed by atoms with E-state index in [4.69, 9.17) is 0 Å². The van der Waals surface area contributed by atoms with Crippen LogP contribution in [0.5, 0.6) is 0 Å². The van der Waals surface area contributed by atoms with Crippen molar-refractivity contribution >= 4 is 17.8 Å². The first-order valence-electron chi connectivity index (χ1n) is 7.53. The average molecular weight is 279 g/mol. The fourth-order valence-electron chi connectivity index (χ4n) is 3.76. The molecule has 1 spiro atoms. The van der Waals surface area contributed by atoms with Gasteiger partial charge in [0.1, 0.15) is 0 Å². The number of amides is 2. The zero-order valence-corrected chi connectivity index (χ0v) is 11.7. The molecule has 5 heteroatoms. The molecule has 110 valence electrons. The van der Waals surface area contributed by atoms with E-state index in [0.29, 0.717) is 25.7 Å². The highest BCUT2D eigenvalue weighted by Crippen LogP contribution is 2.49. The normalized spacial score (nSPS) is 27.7. The zero-order chi connectivity index (χ0) is 14.4. The fraction of sp³-hybridized carbons (Fsp3) is 0.800. The van der Waals surface area contributed by atoms with Crippen LogP contribution >= 0.6 is 0 Å². The number of piperidine rings is 1. The lowest BCUT2D eigenvalue weighted by atomic mass is 9.67. The van der Waals surface area contributed by atoms with Gasteiger partial charge in [0.2, 0.25) is 11.8 Å². The summed E-state index contributed by atoms with van der Waals surface area (Å²) in [5.74, 6) is -1.19. The number of carboxylic acids is 1. The maximum atomic E-state index is 12.3. The van der Waals surface area contributed by atoms with Crippen molar-refractivity contribution < 1.29 is 19.5 Å². The molecule has 0 aromatic carbocycles. The lowest BCUT2D eigenvalue weighted by Gasteiger charge is -2.42. The Morgan fingerprint density at radius 3 is 2.00 bits per heavy atom. The van der Waals surface area contributed by atoms with Gasteiger partial charge in [-0.1, -0.05) is 19.3 Å². The molecule has 1 saturated heterocycles. The van der Waals surface area contributed by atoms with Crippen LogP contribution < -0.4 is 0 Å². The van der Waals surface area contributed by atoms with E-state index in [1.165, 1.54) is 11.3 Å². The van der Waals surface area contributed by atoms with Crippen molar-refractivity contribution in [1.29, 1.82) is 0 Å². The monoisotopic (exact) mass is 279 g/mol. The molecule has 0 aromatic rings. The Hall–Kier alpha value is -1.39. The lowest BCUT2D eigenvalue weighted by molar-refractivity contribution is -0.157. The highest BCUT2D eigenvalue weighted by molar-refractivity contribution is 5.99. The van der Waals surface area contributed by atoms with Crippen LogP contribution in [-0.4, -0.2) is 34.3 Å². The van der Waals surface area contributed by atoms with Crippen LogP contribution in [0.4, 0.5) is 0 Å². The number of carbonyl (C=O) groups excluding carboxylic acids is 2. The topological polar surface area (TPSA) is 74.7 Å². The number of likely N-dealkylation sites (tertiary alicyclic amines) is 1. The van der Waals surface area contributed by atoms with Crippen LogP contribution in [0.15, 0.2) is 0 Å².